The number of furan rings is 1. The van der Waals surface area contributed by atoms with Crippen LogP contribution in [-0.4, -0.2) is 26.1 Å². The number of rotatable bonds is 7. The zero-order valence-electron chi connectivity index (χ0n) is 15.0. The molecule has 0 aliphatic carbocycles. The lowest BCUT2D eigenvalue weighted by Crippen LogP contribution is -2.22. The molecule has 0 atom stereocenters. The van der Waals surface area contributed by atoms with Crippen LogP contribution in [0.25, 0.3) is 0 Å². The fourth-order valence-corrected chi connectivity index (χ4v) is 2.43. The Hall–Kier alpha value is -3.16. The summed E-state index contributed by atoms with van der Waals surface area (Å²) in [6.07, 6.45) is 0. The summed E-state index contributed by atoms with van der Waals surface area (Å²) in [6, 6.07) is 10.8. The van der Waals surface area contributed by atoms with Crippen molar-refractivity contribution in [2.45, 2.75) is 40.0 Å². The number of aryl methyl sites for hydroxylation is 1. The number of nitrogens with zero attached hydrogens (tertiary/aromatic N) is 4. The van der Waals surface area contributed by atoms with Gasteiger partial charge in [0.2, 0.25) is 0 Å². The van der Waals surface area contributed by atoms with Gasteiger partial charge in [0.15, 0.2) is 5.82 Å². The van der Waals surface area contributed by atoms with Crippen LogP contribution in [-0.2, 0) is 13.2 Å². The van der Waals surface area contributed by atoms with E-state index >= 15 is 0 Å². The van der Waals surface area contributed by atoms with Crippen LogP contribution in [0.4, 0.5) is 0 Å². The number of carbonyl (C=O) groups is 1. The van der Waals surface area contributed by atoms with Crippen LogP contribution in [0.2, 0.25) is 0 Å². The minimum Gasteiger partial charge on any atom is -0.486 e. The summed E-state index contributed by atoms with van der Waals surface area (Å²) in [5, 5.41) is 14.4. The van der Waals surface area contributed by atoms with Crippen molar-refractivity contribution in [1.29, 1.82) is 0 Å². The number of carbonyl (C=O) groups excluding carboxylic acids is 1. The smallest absolute Gasteiger partial charge is 0.251 e. The van der Waals surface area contributed by atoms with E-state index in [1.807, 2.05) is 32.9 Å². The van der Waals surface area contributed by atoms with E-state index in [9.17, 15) is 4.79 Å². The van der Waals surface area contributed by atoms with Crippen LogP contribution >= 0.6 is 0 Å². The topological polar surface area (TPSA) is 95.1 Å². The Balaban J connectivity index is 1.60. The molecule has 0 aliphatic heterocycles. The molecule has 3 rings (SSSR count). The minimum absolute atomic E-state index is 0.144. The number of ether oxygens (including phenoxy) is 1. The van der Waals surface area contributed by atoms with Gasteiger partial charge < -0.3 is 14.5 Å². The van der Waals surface area contributed by atoms with Gasteiger partial charge >= 0.3 is 0 Å². The molecule has 2 heterocycles. The predicted octanol–water partition coefficient (Wildman–Crippen LogP) is 2.66. The van der Waals surface area contributed by atoms with Gasteiger partial charge in [-0.2, -0.15) is 0 Å². The summed E-state index contributed by atoms with van der Waals surface area (Å²) in [5.41, 5.74) is 0.509. The lowest BCUT2D eigenvalue weighted by molar-refractivity contribution is 0.0947. The van der Waals surface area contributed by atoms with E-state index in [-0.39, 0.29) is 18.6 Å². The molecule has 1 N–H and O–H groups in total. The van der Waals surface area contributed by atoms with Crippen molar-refractivity contribution in [1.82, 2.24) is 25.5 Å². The van der Waals surface area contributed by atoms with Crippen LogP contribution in [0.5, 0.6) is 5.75 Å². The van der Waals surface area contributed by atoms with Gasteiger partial charge in [0, 0.05) is 5.56 Å². The third-order valence-electron chi connectivity index (χ3n) is 3.73. The van der Waals surface area contributed by atoms with E-state index < -0.39 is 0 Å². The van der Waals surface area contributed by atoms with Crippen LogP contribution in [0.15, 0.2) is 40.8 Å². The fraction of sp³-hybridized carbons (Fsp3) is 0.333. The number of nitrogens with one attached hydrogen (secondary N) is 1. The number of hydrogen-bond acceptors (Lipinski definition) is 6. The number of hydrogen-bond donors (Lipinski definition) is 1. The minimum atomic E-state index is -0.198. The molecule has 0 unspecified atom stereocenters. The van der Waals surface area contributed by atoms with E-state index in [0.29, 0.717) is 29.4 Å². The first-order valence-corrected chi connectivity index (χ1v) is 8.36. The van der Waals surface area contributed by atoms with E-state index in [2.05, 4.69) is 20.8 Å². The highest BCUT2D eigenvalue weighted by Crippen LogP contribution is 2.16. The van der Waals surface area contributed by atoms with Gasteiger partial charge in [-0.15, -0.1) is 5.10 Å². The molecule has 1 amide bonds. The average Bonchev–Trinajstić information content (AvgIpc) is 3.27. The summed E-state index contributed by atoms with van der Waals surface area (Å²) < 4.78 is 12.9. The molecule has 3 aromatic rings. The lowest BCUT2D eigenvalue weighted by atomic mass is 10.2. The van der Waals surface area contributed by atoms with Crippen LogP contribution in [0.3, 0.4) is 0 Å². The number of aromatic nitrogens is 4. The Labute approximate surface area is 151 Å². The van der Waals surface area contributed by atoms with Crippen molar-refractivity contribution in [2.75, 3.05) is 0 Å². The highest BCUT2D eigenvalue weighted by molar-refractivity contribution is 5.94. The maximum Gasteiger partial charge on any atom is 0.251 e. The zero-order valence-corrected chi connectivity index (χ0v) is 15.0. The molecule has 0 saturated carbocycles. The second-order valence-electron chi connectivity index (χ2n) is 6.14. The first-order chi connectivity index (χ1) is 12.5. The van der Waals surface area contributed by atoms with Crippen molar-refractivity contribution in [2.24, 2.45) is 0 Å². The van der Waals surface area contributed by atoms with Gasteiger partial charge in [0.1, 0.15) is 23.9 Å². The quantitative estimate of drug-likeness (QED) is 0.700. The molecule has 2 aromatic heterocycles. The molecule has 0 bridgehead atoms. The maximum absolute atomic E-state index is 12.3. The average molecular weight is 355 g/mol. The van der Waals surface area contributed by atoms with Gasteiger partial charge in [-0.1, -0.05) is 6.07 Å². The molecule has 8 nitrogen and oxygen atoms in total. The van der Waals surface area contributed by atoms with Gasteiger partial charge in [0.25, 0.3) is 5.91 Å². The monoisotopic (exact) mass is 355 g/mol. The molecule has 0 aliphatic rings. The van der Waals surface area contributed by atoms with Gasteiger partial charge in [0.05, 0.1) is 12.6 Å². The SMILES string of the molecule is Cc1ccc(CNC(=O)c2cccc(OCc3nnnn3C(C)C)c2)o1. The van der Waals surface area contributed by atoms with Crippen LogP contribution < -0.4 is 10.1 Å². The van der Waals surface area contributed by atoms with Crippen molar-refractivity contribution in [3.8, 4) is 5.75 Å². The summed E-state index contributed by atoms with van der Waals surface area (Å²) in [5.74, 6) is 2.53. The Kier molecular flexibility index (Phi) is 5.31. The highest BCUT2D eigenvalue weighted by atomic mass is 16.5. The largest absolute Gasteiger partial charge is 0.486 e. The lowest BCUT2D eigenvalue weighted by Gasteiger charge is -2.10. The standard InChI is InChI=1S/C18H21N5O3/c1-12(2)23-17(20-21-22-23)11-25-15-6-4-5-14(9-15)18(24)19-10-16-8-7-13(3)26-16/h4-9,12H,10-11H2,1-3H3,(H,19,24). The Morgan fingerprint density at radius 3 is 2.88 bits per heavy atom. The third kappa shape index (κ3) is 4.27. The van der Waals surface area contributed by atoms with Crippen LogP contribution in [0, 0.1) is 6.92 Å². The molecule has 0 spiro atoms. The molecule has 1 aromatic carbocycles. The van der Waals surface area contributed by atoms with E-state index in [1.165, 1.54) is 0 Å². The molecule has 0 fully saturated rings. The van der Waals surface area contributed by atoms with Crippen molar-refractivity contribution in [3.63, 3.8) is 0 Å². The number of tetrazole rings is 1. The summed E-state index contributed by atoms with van der Waals surface area (Å²) in [4.78, 5) is 12.3. The molecule has 26 heavy (non-hydrogen) atoms. The number of benzene rings is 1. The number of amides is 1. The van der Waals surface area contributed by atoms with E-state index in [0.717, 1.165) is 5.76 Å². The van der Waals surface area contributed by atoms with Crippen LogP contribution in [0.1, 0.15) is 47.6 Å². The van der Waals surface area contributed by atoms with Crippen molar-refractivity contribution in [3.05, 3.63) is 59.3 Å². The Morgan fingerprint density at radius 1 is 1.31 bits per heavy atom. The Morgan fingerprint density at radius 2 is 2.15 bits per heavy atom. The van der Waals surface area contributed by atoms with Crippen molar-refractivity contribution >= 4 is 5.91 Å². The molecule has 0 radical (unpaired) electrons. The van der Waals surface area contributed by atoms with Crippen molar-refractivity contribution < 1.29 is 13.9 Å². The summed E-state index contributed by atoms with van der Waals surface area (Å²) in [6.45, 7) is 6.40. The second kappa shape index (κ2) is 7.81. The zero-order chi connectivity index (χ0) is 18.5. The molecule has 0 saturated heterocycles. The van der Waals surface area contributed by atoms with Gasteiger partial charge in [-0.05, 0) is 61.5 Å². The molecular formula is C18H21N5O3. The van der Waals surface area contributed by atoms with Gasteiger partial charge in [-0.3, -0.25) is 4.79 Å². The molecule has 8 heteroatoms. The summed E-state index contributed by atoms with van der Waals surface area (Å²) >= 11 is 0. The predicted molar refractivity (Wildman–Crippen MR) is 93.6 cm³/mol. The highest BCUT2D eigenvalue weighted by Gasteiger charge is 2.11. The van der Waals surface area contributed by atoms with Gasteiger partial charge in [-0.25, -0.2) is 4.68 Å². The molecular weight excluding hydrogens is 334 g/mol. The van der Waals surface area contributed by atoms with E-state index in [4.69, 9.17) is 9.15 Å². The molecule has 136 valence electrons. The van der Waals surface area contributed by atoms with E-state index in [1.54, 1.807) is 28.9 Å². The maximum atomic E-state index is 12.3. The Bertz CT molecular complexity index is 884. The second-order valence-corrected chi connectivity index (χ2v) is 6.14. The normalized spacial score (nSPS) is 10.9. The summed E-state index contributed by atoms with van der Waals surface area (Å²) in [7, 11) is 0. The first kappa shape index (κ1) is 17.7. The third-order valence-corrected chi connectivity index (χ3v) is 3.73. The first-order valence-electron chi connectivity index (χ1n) is 8.36. The fourth-order valence-electron chi connectivity index (χ4n) is 2.43.